The minimum absolute atomic E-state index is 0.0363. The van der Waals surface area contributed by atoms with Crippen molar-refractivity contribution in [3.8, 4) is 0 Å². The van der Waals surface area contributed by atoms with Crippen molar-refractivity contribution >= 4 is 11.9 Å². The summed E-state index contributed by atoms with van der Waals surface area (Å²) in [6.07, 6.45) is 7.13. The maximum Gasteiger partial charge on any atom is 0.310 e. The van der Waals surface area contributed by atoms with E-state index >= 15 is 0 Å². The van der Waals surface area contributed by atoms with E-state index in [1.165, 1.54) is 6.92 Å². The summed E-state index contributed by atoms with van der Waals surface area (Å²) in [5.74, 6) is 0.859. The molecule has 27 heavy (non-hydrogen) atoms. The molecule has 5 heteroatoms. The molecule has 1 N–H and O–H groups in total. The molecule has 5 nitrogen and oxygen atoms in total. The third-order valence-electron chi connectivity index (χ3n) is 9.75. The fraction of sp³-hybridized carbons (Fsp3) is 0.909. The first kappa shape index (κ1) is 18.0. The van der Waals surface area contributed by atoms with Crippen LogP contribution in [0.5, 0.6) is 0 Å². The lowest BCUT2D eigenvalue weighted by atomic mass is 9.43. The van der Waals surface area contributed by atoms with Crippen LogP contribution in [0.4, 0.5) is 0 Å². The molecular formula is C22H32O5. The smallest absolute Gasteiger partial charge is 0.310 e. The second-order valence-electron chi connectivity index (χ2n) is 10.4. The number of fused-ring (bicyclic) bond motifs is 3. The van der Waals surface area contributed by atoms with E-state index in [2.05, 4.69) is 13.8 Å². The summed E-state index contributed by atoms with van der Waals surface area (Å²) in [5.41, 5.74) is -0.745. The summed E-state index contributed by atoms with van der Waals surface area (Å²) in [6.45, 7) is 5.99. The first-order chi connectivity index (χ1) is 12.7. The molecule has 0 amide bonds. The molecule has 0 spiro atoms. The first-order valence-corrected chi connectivity index (χ1v) is 10.8. The Balaban J connectivity index is 1.47. The van der Waals surface area contributed by atoms with Crippen LogP contribution in [0.2, 0.25) is 0 Å². The molecule has 1 saturated heterocycles. The van der Waals surface area contributed by atoms with Crippen LogP contribution in [0, 0.1) is 34.5 Å². The van der Waals surface area contributed by atoms with Crippen LogP contribution in [0.25, 0.3) is 0 Å². The van der Waals surface area contributed by atoms with Crippen molar-refractivity contribution in [2.24, 2.45) is 34.5 Å². The van der Waals surface area contributed by atoms with Gasteiger partial charge in [0.25, 0.3) is 0 Å². The Labute approximate surface area is 161 Å². The van der Waals surface area contributed by atoms with Gasteiger partial charge in [-0.3, -0.25) is 9.59 Å². The van der Waals surface area contributed by atoms with Crippen molar-refractivity contribution in [1.82, 2.24) is 0 Å². The Morgan fingerprint density at radius 2 is 1.89 bits per heavy atom. The minimum Gasteiger partial charge on any atom is -0.463 e. The van der Waals surface area contributed by atoms with Crippen molar-refractivity contribution in [2.75, 3.05) is 0 Å². The quantitative estimate of drug-likeness (QED) is 0.712. The summed E-state index contributed by atoms with van der Waals surface area (Å²) >= 11 is 0. The second kappa shape index (κ2) is 5.49. The standard InChI is InChI=1S/C22H32O5/c1-12(23)26-14-6-8-20(2)13(10-14)4-5-15-17(20)11-18(24)21(3)16-7-9-22(15,21)27-19(16)25/h13-18,24H,4-11H2,1-3H3/t13-,14+,15-,16-,17+,18-,20+,21+,22+/m1/s1. The number of carbonyl (C=O) groups is 2. The van der Waals surface area contributed by atoms with Crippen LogP contribution in [0.15, 0.2) is 0 Å². The lowest BCUT2D eigenvalue weighted by Gasteiger charge is -2.63. The van der Waals surface area contributed by atoms with Gasteiger partial charge in [0.2, 0.25) is 0 Å². The molecule has 0 unspecified atom stereocenters. The molecule has 1 heterocycles. The molecule has 5 rings (SSSR count). The van der Waals surface area contributed by atoms with Gasteiger partial charge < -0.3 is 14.6 Å². The molecule has 2 bridgehead atoms. The zero-order valence-electron chi connectivity index (χ0n) is 16.7. The molecule has 1 aliphatic heterocycles. The highest BCUT2D eigenvalue weighted by Crippen LogP contribution is 2.72. The van der Waals surface area contributed by atoms with Gasteiger partial charge in [0.05, 0.1) is 12.0 Å². The van der Waals surface area contributed by atoms with Gasteiger partial charge >= 0.3 is 11.9 Å². The van der Waals surface area contributed by atoms with E-state index in [9.17, 15) is 14.7 Å². The maximum atomic E-state index is 12.5. The molecule has 5 aliphatic rings. The Morgan fingerprint density at radius 1 is 1.11 bits per heavy atom. The summed E-state index contributed by atoms with van der Waals surface area (Å²) in [7, 11) is 0. The van der Waals surface area contributed by atoms with Gasteiger partial charge in [-0.1, -0.05) is 13.8 Å². The van der Waals surface area contributed by atoms with E-state index in [0.717, 1.165) is 51.4 Å². The Bertz CT molecular complexity index is 690. The van der Waals surface area contributed by atoms with E-state index < -0.39 is 17.1 Å². The number of hydrogen-bond acceptors (Lipinski definition) is 5. The Kier molecular flexibility index (Phi) is 3.65. The topological polar surface area (TPSA) is 72.8 Å². The van der Waals surface area contributed by atoms with Crippen molar-refractivity contribution in [3.05, 3.63) is 0 Å². The van der Waals surface area contributed by atoms with Crippen molar-refractivity contribution in [3.63, 3.8) is 0 Å². The van der Waals surface area contributed by atoms with Gasteiger partial charge in [0, 0.05) is 18.3 Å². The number of esters is 2. The van der Waals surface area contributed by atoms with Crippen LogP contribution >= 0.6 is 0 Å². The Morgan fingerprint density at radius 3 is 2.59 bits per heavy atom. The fourth-order valence-electron chi connectivity index (χ4n) is 8.35. The molecule has 5 fully saturated rings. The number of rotatable bonds is 1. The molecule has 0 radical (unpaired) electrons. The fourth-order valence-corrected chi connectivity index (χ4v) is 8.35. The normalized spacial score (nSPS) is 55.9. The van der Waals surface area contributed by atoms with E-state index in [1.807, 2.05) is 0 Å². The lowest BCUT2D eigenvalue weighted by Crippen LogP contribution is -2.65. The average Bonchev–Trinajstić information content (AvgIpc) is 3.02. The van der Waals surface area contributed by atoms with Crippen LogP contribution in [0.1, 0.15) is 72.1 Å². The molecule has 0 aromatic heterocycles. The number of ether oxygens (including phenoxy) is 2. The molecule has 4 aliphatic carbocycles. The van der Waals surface area contributed by atoms with Gasteiger partial charge in [0.1, 0.15) is 11.7 Å². The first-order valence-electron chi connectivity index (χ1n) is 10.8. The number of carbonyl (C=O) groups excluding carboxylic acids is 2. The predicted octanol–water partition coefficient (Wildman–Crippen LogP) is 3.23. The largest absolute Gasteiger partial charge is 0.463 e. The second-order valence-corrected chi connectivity index (χ2v) is 10.4. The Hall–Kier alpha value is -1.10. The van der Waals surface area contributed by atoms with Crippen molar-refractivity contribution in [1.29, 1.82) is 0 Å². The van der Waals surface area contributed by atoms with Gasteiger partial charge in [-0.15, -0.1) is 0 Å². The highest BCUT2D eigenvalue weighted by atomic mass is 16.6. The summed E-state index contributed by atoms with van der Waals surface area (Å²) in [6, 6.07) is 0. The van der Waals surface area contributed by atoms with Crippen LogP contribution in [0.3, 0.4) is 0 Å². The molecule has 150 valence electrons. The van der Waals surface area contributed by atoms with Crippen molar-refractivity contribution in [2.45, 2.75) is 89.9 Å². The van der Waals surface area contributed by atoms with E-state index in [4.69, 9.17) is 9.47 Å². The zero-order chi connectivity index (χ0) is 19.2. The van der Waals surface area contributed by atoms with Crippen LogP contribution in [-0.2, 0) is 19.1 Å². The monoisotopic (exact) mass is 376 g/mol. The van der Waals surface area contributed by atoms with Gasteiger partial charge in [-0.2, -0.15) is 0 Å². The highest BCUT2D eigenvalue weighted by Gasteiger charge is 2.77. The third kappa shape index (κ3) is 2.05. The van der Waals surface area contributed by atoms with Crippen molar-refractivity contribution < 1.29 is 24.2 Å². The average molecular weight is 376 g/mol. The highest BCUT2D eigenvalue weighted by molar-refractivity contribution is 5.79. The van der Waals surface area contributed by atoms with Gasteiger partial charge in [-0.05, 0) is 68.6 Å². The molecule has 9 atom stereocenters. The van der Waals surface area contributed by atoms with Crippen LogP contribution in [-0.4, -0.2) is 34.9 Å². The van der Waals surface area contributed by atoms with E-state index in [-0.39, 0.29) is 29.4 Å². The zero-order valence-corrected chi connectivity index (χ0v) is 16.7. The molecule has 0 aromatic carbocycles. The van der Waals surface area contributed by atoms with Gasteiger partial charge in [-0.25, -0.2) is 0 Å². The summed E-state index contributed by atoms with van der Waals surface area (Å²) in [4.78, 5) is 23.9. The maximum absolute atomic E-state index is 12.5. The van der Waals surface area contributed by atoms with Crippen LogP contribution < -0.4 is 0 Å². The molecular weight excluding hydrogens is 344 g/mol. The SMILES string of the molecule is CC(=O)O[C@H]1CC[C@@]2(C)[C@H](CC[C@@H]3[C@@H]2C[C@@H](O)[C@]2(C)[C@@H]4CC[C@]32OC4=O)C1. The summed E-state index contributed by atoms with van der Waals surface area (Å²) in [5, 5.41) is 11.2. The number of aliphatic hydroxyl groups excluding tert-OH is 1. The minimum atomic E-state index is -0.473. The lowest BCUT2D eigenvalue weighted by molar-refractivity contribution is -0.228. The van der Waals surface area contributed by atoms with E-state index in [1.54, 1.807) is 0 Å². The predicted molar refractivity (Wildman–Crippen MR) is 97.5 cm³/mol. The number of aliphatic hydroxyl groups is 1. The molecule has 4 saturated carbocycles. The van der Waals surface area contributed by atoms with E-state index in [0.29, 0.717) is 17.8 Å². The number of hydrogen-bond donors (Lipinski definition) is 1. The summed E-state index contributed by atoms with van der Waals surface area (Å²) < 4.78 is 11.7. The van der Waals surface area contributed by atoms with Gasteiger partial charge in [0.15, 0.2) is 0 Å². The molecule has 0 aromatic rings. The third-order valence-corrected chi connectivity index (χ3v) is 9.75.